The normalized spacial score (nSPS) is 16.5. The molecule has 2 aromatic heterocycles. The van der Waals surface area contributed by atoms with Crippen LogP contribution >= 0.6 is 0 Å². The van der Waals surface area contributed by atoms with Gasteiger partial charge in [-0.15, -0.1) is 0 Å². The lowest BCUT2D eigenvalue weighted by molar-refractivity contribution is 0.587. The minimum absolute atomic E-state index is 0.451. The van der Waals surface area contributed by atoms with E-state index in [0.29, 0.717) is 11.7 Å². The zero-order valence-electron chi connectivity index (χ0n) is 14.5. The summed E-state index contributed by atoms with van der Waals surface area (Å²) < 4.78 is 2.14. The Morgan fingerprint density at radius 3 is 2.54 bits per heavy atom. The van der Waals surface area contributed by atoms with Crippen molar-refractivity contribution in [3.05, 3.63) is 83.8 Å². The van der Waals surface area contributed by atoms with Crippen molar-refractivity contribution in [1.82, 2.24) is 14.5 Å². The number of nitrogens with two attached hydrogens (primary N) is 1. The fraction of sp³-hybridized carbons (Fsp3) is 0.182. The van der Waals surface area contributed by atoms with Crippen molar-refractivity contribution < 1.29 is 0 Å². The second-order valence-corrected chi connectivity index (χ2v) is 6.95. The topological polar surface area (TPSA) is 56.7 Å². The van der Waals surface area contributed by atoms with E-state index >= 15 is 0 Å². The average molecular weight is 340 g/mol. The number of nitrogen functional groups attached to an aromatic ring is 1. The molecule has 0 spiro atoms. The summed E-state index contributed by atoms with van der Waals surface area (Å²) in [6.07, 6.45) is 7.08. The average Bonchev–Trinajstić information content (AvgIpc) is 3.09. The van der Waals surface area contributed by atoms with Gasteiger partial charge in [-0.2, -0.15) is 0 Å². The highest BCUT2D eigenvalue weighted by Crippen LogP contribution is 2.38. The Balaban J connectivity index is 1.67. The molecule has 1 aliphatic carbocycles. The summed E-state index contributed by atoms with van der Waals surface area (Å²) in [7, 11) is 0. The number of aryl methyl sites for hydroxylation is 1. The van der Waals surface area contributed by atoms with Crippen LogP contribution in [0.2, 0.25) is 0 Å². The summed E-state index contributed by atoms with van der Waals surface area (Å²) in [5, 5.41) is 0. The number of rotatable bonds is 2. The summed E-state index contributed by atoms with van der Waals surface area (Å²) in [5.74, 6) is 0.980. The Hall–Kier alpha value is -3.14. The van der Waals surface area contributed by atoms with Crippen molar-refractivity contribution in [3.8, 4) is 5.69 Å². The van der Waals surface area contributed by atoms with Gasteiger partial charge < -0.3 is 10.3 Å². The maximum atomic E-state index is 6.24. The third kappa shape index (κ3) is 2.37. The van der Waals surface area contributed by atoms with E-state index in [1.165, 1.54) is 16.7 Å². The number of para-hydroxylation sites is 1. The van der Waals surface area contributed by atoms with E-state index in [-0.39, 0.29) is 0 Å². The number of hydrogen-bond donors (Lipinski definition) is 1. The molecule has 1 atom stereocenters. The largest absolute Gasteiger partial charge is 0.382 e. The molecule has 0 aliphatic heterocycles. The van der Waals surface area contributed by atoms with Crippen LogP contribution in [0, 0.1) is 0 Å². The number of benzene rings is 2. The van der Waals surface area contributed by atoms with Crippen molar-refractivity contribution in [1.29, 1.82) is 0 Å². The predicted octanol–water partition coefficient (Wildman–Crippen LogP) is 4.28. The lowest BCUT2D eigenvalue weighted by Crippen LogP contribution is -2.12. The molecule has 0 amide bonds. The van der Waals surface area contributed by atoms with E-state index in [4.69, 9.17) is 5.73 Å². The number of fused-ring (bicyclic) bond motifs is 2. The standard InChI is InChI=1S/C22H20N4/c23-22-21-20(24-14-25-22)19(13-26(21)18-8-2-1-3-9-18)17-11-10-15-6-4-5-7-16(15)12-17/h1-9,13-14,17H,10-12H2,(H2,23,24,25). The first kappa shape index (κ1) is 15.1. The smallest absolute Gasteiger partial charge is 0.151 e. The van der Waals surface area contributed by atoms with Gasteiger partial charge >= 0.3 is 0 Å². The van der Waals surface area contributed by atoms with Crippen molar-refractivity contribution in [2.75, 3.05) is 5.73 Å². The van der Waals surface area contributed by atoms with E-state index in [9.17, 15) is 0 Å². The van der Waals surface area contributed by atoms with Crippen LogP contribution < -0.4 is 5.73 Å². The molecule has 0 fully saturated rings. The highest BCUT2D eigenvalue weighted by molar-refractivity contribution is 5.90. The molecule has 0 saturated carbocycles. The summed E-state index contributed by atoms with van der Waals surface area (Å²) in [6, 6.07) is 19.0. The minimum atomic E-state index is 0.451. The van der Waals surface area contributed by atoms with Crippen LogP contribution in [0.4, 0.5) is 5.82 Å². The fourth-order valence-electron chi connectivity index (χ4n) is 4.16. The summed E-state index contributed by atoms with van der Waals surface area (Å²) in [6.45, 7) is 0. The number of aromatic nitrogens is 3. The Morgan fingerprint density at radius 2 is 1.69 bits per heavy atom. The molecular weight excluding hydrogens is 320 g/mol. The van der Waals surface area contributed by atoms with Crippen LogP contribution in [0.3, 0.4) is 0 Å². The van der Waals surface area contributed by atoms with Crippen molar-refractivity contribution in [3.63, 3.8) is 0 Å². The Kier molecular flexibility index (Phi) is 3.49. The van der Waals surface area contributed by atoms with Gasteiger partial charge in [-0.1, -0.05) is 42.5 Å². The zero-order valence-corrected chi connectivity index (χ0v) is 14.5. The Morgan fingerprint density at radius 1 is 0.923 bits per heavy atom. The molecule has 4 aromatic rings. The van der Waals surface area contributed by atoms with Crippen LogP contribution in [0.25, 0.3) is 16.7 Å². The van der Waals surface area contributed by atoms with E-state index in [2.05, 4.69) is 57.1 Å². The van der Waals surface area contributed by atoms with E-state index in [1.807, 2.05) is 18.2 Å². The van der Waals surface area contributed by atoms with Crippen LogP contribution in [-0.2, 0) is 12.8 Å². The molecule has 5 rings (SSSR count). The maximum absolute atomic E-state index is 6.24. The summed E-state index contributed by atoms with van der Waals surface area (Å²) in [4.78, 5) is 8.84. The highest BCUT2D eigenvalue weighted by Gasteiger charge is 2.25. The number of hydrogen-bond acceptors (Lipinski definition) is 3. The molecule has 0 bridgehead atoms. The first-order valence-electron chi connectivity index (χ1n) is 9.05. The second kappa shape index (κ2) is 5.99. The van der Waals surface area contributed by atoms with Gasteiger partial charge in [-0.25, -0.2) is 9.97 Å². The molecule has 128 valence electrons. The molecule has 4 nitrogen and oxygen atoms in total. The third-order valence-electron chi connectivity index (χ3n) is 5.45. The minimum Gasteiger partial charge on any atom is -0.382 e. The molecule has 0 radical (unpaired) electrons. The first-order valence-corrected chi connectivity index (χ1v) is 9.05. The van der Waals surface area contributed by atoms with Gasteiger partial charge in [0.15, 0.2) is 5.82 Å². The van der Waals surface area contributed by atoms with Gasteiger partial charge in [0.2, 0.25) is 0 Å². The molecule has 4 heteroatoms. The van der Waals surface area contributed by atoms with Crippen molar-refractivity contribution in [2.24, 2.45) is 0 Å². The van der Waals surface area contributed by atoms with Crippen molar-refractivity contribution >= 4 is 16.9 Å². The molecule has 0 saturated heterocycles. The van der Waals surface area contributed by atoms with Gasteiger partial charge in [0.05, 0.1) is 5.52 Å². The lowest BCUT2D eigenvalue weighted by Gasteiger charge is -2.24. The molecule has 2 N–H and O–H groups in total. The number of anilines is 1. The Labute approximate surface area is 152 Å². The van der Waals surface area contributed by atoms with Gasteiger partial charge in [0.25, 0.3) is 0 Å². The predicted molar refractivity (Wildman–Crippen MR) is 104 cm³/mol. The third-order valence-corrected chi connectivity index (χ3v) is 5.45. The first-order chi connectivity index (χ1) is 12.8. The molecule has 2 heterocycles. The van der Waals surface area contributed by atoms with Gasteiger partial charge in [-0.05, 0) is 48.4 Å². The molecule has 2 aromatic carbocycles. The second-order valence-electron chi connectivity index (χ2n) is 6.95. The summed E-state index contributed by atoms with van der Waals surface area (Å²) in [5.41, 5.74) is 13.4. The van der Waals surface area contributed by atoms with Crippen LogP contribution in [0.1, 0.15) is 29.0 Å². The monoisotopic (exact) mass is 340 g/mol. The summed E-state index contributed by atoms with van der Waals surface area (Å²) >= 11 is 0. The zero-order chi connectivity index (χ0) is 17.5. The van der Waals surface area contributed by atoms with E-state index in [1.54, 1.807) is 6.33 Å². The van der Waals surface area contributed by atoms with Gasteiger partial charge in [0, 0.05) is 17.4 Å². The lowest BCUT2D eigenvalue weighted by atomic mass is 9.81. The van der Waals surface area contributed by atoms with E-state index < -0.39 is 0 Å². The number of nitrogens with zero attached hydrogens (tertiary/aromatic N) is 3. The van der Waals surface area contributed by atoms with Crippen LogP contribution in [0.5, 0.6) is 0 Å². The van der Waals surface area contributed by atoms with Crippen LogP contribution in [-0.4, -0.2) is 14.5 Å². The molecular formula is C22H20N4. The molecule has 1 unspecified atom stereocenters. The molecule has 1 aliphatic rings. The SMILES string of the molecule is Nc1ncnc2c(C3CCc4ccccc4C3)cn(-c3ccccc3)c12. The highest BCUT2D eigenvalue weighted by atomic mass is 15.0. The van der Waals surface area contributed by atoms with Gasteiger partial charge in [-0.3, -0.25) is 0 Å². The van der Waals surface area contributed by atoms with E-state index in [0.717, 1.165) is 36.0 Å². The van der Waals surface area contributed by atoms with Gasteiger partial charge in [0.1, 0.15) is 11.8 Å². The maximum Gasteiger partial charge on any atom is 0.151 e. The fourth-order valence-corrected chi connectivity index (χ4v) is 4.16. The van der Waals surface area contributed by atoms with Crippen molar-refractivity contribution in [2.45, 2.75) is 25.2 Å². The molecule has 26 heavy (non-hydrogen) atoms. The van der Waals surface area contributed by atoms with Crippen LogP contribution in [0.15, 0.2) is 67.1 Å². The Bertz CT molecular complexity index is 1080. The quantitative estimate of drug-likeness (QED) is 0.593.